The van der Waals surface area contributed by atoms with Crippen molar-refractivity contribution >= 4 is 27.3 Å². The fourth-order valence-corrected chi connectivity index (χ4v) is 4.63. The van der Waals surface area contributed by atoms with Crippen molar-refractivity contribution in [3.8, 4) is 5.75 Å². The highest BCUT2D eigenvalue weighted by atomic mass is 32.2. The molecule has 0 radical (unpaired) electrons. The maximum atomic E-state index is 13.2. The van der Waals surface area contributed by atoms with Crippen molar-refractivity contribution in [1.82, 2.24) is 0 Å². The highest BCUT2D eigenvalue weighted by molar-refractivity contribution is 7.91. The first kappa shape index (κ1) is 23.1. The van der Waals surface area contributed by atoms with Crippen molar-refractivity contribution in [2.45, 2.75) is 46.8 Å². The normalized spacial score (nSPS) is 15.9. The first-order valence-corrected chi connectivity index (χ1v) is 12.3. The number of rotatable bonds is 7. The molecule has 168 valence electrons. The minimum Gasteiger partial charge on any atom is -0.490 e. The van der Waals surface area contributed by atoms with E-state index in [1.54, 1.807) is 23.1 Å². The van der Waals surface area contributed by atoms with Crippen LogP contribution in [-0.4, -0.2) is 27.5 Å². The van der Waals surface area contributed by atoms with Crippen LogP contribution in [0.15, 0.2) is 42.5 Å². The molecule has 1 N–H and O–H groups in total. The minimum absolute atomic E-state index is 0.0217. The number of benzene rings is 2. The molecular formula is C24H32N2O4S. The summed E-state index contributed by atoms with van der Waals surface area (Å²) in [4.78, 5) is 15.0. The fourth-order valence-electron chi connectivity index (χ4n) is 3.44. The molecule has 0 unspecified atom stereocenters. The summed E-state index contributed by atoms with van der Waals surface area (Å²) in [6.45, 7) is 10.7. The highest BCUT2D eigenvalue weighted by Crippen LogP contribution is 2.38. The third-order valence-corrected chi connectivity index (χ3v) is 6.60. The number of ether oxygens (including phenoxy) is 1. The number of anilines is 2. The Morgan fingerprint density at radius 1 is 1.13 bits per heavy atom. The molecule has 0 fully saturated rings. The van der Waals surface area contributed by atoms with E-state index in [1.165, 1.54) is 0 Å². The highest BCUT2D eigenvalue weighted by Gasteiger charge is 2.37. The van der Waals surface area contributed by atoms with E-state index < -0.39 is 15.4 Å². The molecule has 3 rings (SSSR count). The van der Waals surface area contributed by atoms with Gasteiger partial charge in [-0.15, -0.1) is 0 Å². The first-order valence-electron chi connectivity index (χ1n) is 10.6. The Bertz CT molecular complexity index is 1040. The van der Waals surface area contributed by atoms with Gasteiger partial charge in [-0.3, -0.25) is 9.52 Å². The third kappa shape index (κ3) is 5.79. The molecule has 1 aliphatic heterocycles. The summed E-state index contributed by atoms with van der Waals surface area (Å²) >= 11 is 0. The third-order valence-electron chi connectivity index (χ3n) is 5.34. The van der Waals surface area contributed by atoms with Gasteiger partial charge in [-0.05, 0) is 56.9 Å². The molecule has 0 spiro atoms. The number of hydrogen-bond acceptors (Lipinski definition) is 4. The van der Waals surface area contributed by atoms with Gasteiger partial charge in [0.15, 0.2) is 0 Å². The van der Waals surface area contributed by atoms with Gasteiger partial charge in [0, 0.05) is 6.54 Å². The Labute approximate surface area is 185 Å². The zero-order valence-electron chi connectivity index (χ0n) is 18.9. The summed E-state index contributed by atoms with van der Waals surface area (Å²) in [6, 6.07) is 12.5. The Morgan fingerprint density at radius 2 is 1.81 bits per heavy atom. The summed E-state index contributed by atoms with van der Waals surface area (Å²) in [7, 11) is -3.61. The molecule has 0 saturated carbocycles. The van der Waals surface area contributed by atoms with Crippen LogP contribution in [-0.2, 0) is 20.6 Å². The molecule has 0 aromatic heterocycles. The average Bonchev–Trinajstić information content (AvgIpc) is 2.76. The van der Waals surface area contributed by atoms with E-state index in [0.717, 1.165) is 12.0 Å². The number of nitrogens with one attached hydrogen (secondary N) is 1. The van der Waals surface area contributed by atoms with Crippen LogP contribution in [0, 0.1) is 18.3 Å². The van der Waals surface area contributed by atoms with Gasteiger partial charge >= 0.3 is 0 Å². The molecule has 7 heteroatoms. The van der Waals surface area contributed by atoms with E-state index in [-0.39, 0.29) is 18.3 Å². The van der Waals surface area contributed by atoms with Crippen molar-refractivity contribution in [3.63, 3.8) is 0 Å². The molecule has 2 aromatic rings. The summed E-state index contributed by atoms with van der Waals surface area (Å²) in [5, 5.41) is 0. The molecule has 6 nitrogen and oxygen atoms in total. The zero-order chi connectivity index (χ0) is 22.8. The van der Waals surface area contributed by atoms with Crippen LogP contribution < -0.4 is 14.4 Å². The molecule has 0 aliphatic carbocycles. The van der Waals surface area contributed by atoms with Gasteiger partial charge in [0.05, 0.1) is 22.5 Å². The second-order valence-corrected chi connectivity index (χ2v) is 11.1. The summed E-state index contributed by atoms with van der Waals surface area (Å²) in [5.74, 6) is 0.875. The van der Waals surface area contributed by atoms with E-state index >= 15 is 0 Å². The monoisotopic (exact) mass is 444 g/mol. The topological polar surface area (TPSA) is 75.7 Å². The average molecular weight is 445 g/mol. The predicted octanol–water partition coefficient (Wildman–Crippen LogP) is 4.73. The Morgan fingerprint density at radius 3 is 2.45 bits per heavy atom. The minimum atomic E-state index is -3.61. The molecular weight excluding hydrogens is 412 g/mol. The van der Waals surface area contributed by atoms with E-state index in [4.69, 9.17) is 4.74 Å². The summed E-state index contributed by atoms with van der Waals surface area (Å²) in [5.41, 5.74) is 2.14. The standard InChI is InChI=1S/C24H32N2O4S/c1-17(2)12-13-26-21-14-20(10-11-22(21)30-16-24(4,5)23(26)27)25-31(28,29)15-19-8-6-18(3)7-9-19/h6-11,14,17,25H,12-13,15-16H2,1-5H3. The van der Waals surface area contributed by atoms with E-state index in [1.807, 2.05) is 45.0 Å². The van der Waals surface area contributed by atoms with Crippen LogP contribution in [0.25, 0.3) is 0 Å². The van der Waals surface area contributed by atoms with Gasteiger partial charge in [0.25, 0.3) is 0 Å². The SMILES string of the molecule is Cc1ccc(CS(=O)(=O)Nc2ccc3c(c2)N(CCC(C)C)C(=O)C(C)(C)CO3)cc1. The van der Waals surface area contributed by atoms with Crippen LogP contribution in [0.1, 0.15) is 45.2 Å². The first-order chi connectivity index (χ1) is 14.5. The molecule has 31 heavy (non-hydrogen) atoms. The van der Waals surface area contributed by atoms with E-state index in [9.17, 15) is 13.2 Å². The second kappa shape index (κ2) is 8.91. The van der Waals surface area contributed by atoms with Gasteiger partial charge in [-0.1, -0.05) is 43.7 Å². The molecule has 0 saturated heterocycles. The van der Waals surface area contributed by atoms with E-state index in [0.29, 0.717) is 35.2 Å². The number of fused-ring (bicyclic) bond motifs is 1. The lowest BCUT2D eigenvalue weighted by atomic mass is 9.92. The number of hydrogen-bond donors (Lipinski definition) is 1. The molecule has 1 heterocycles. The lowest BCUT2D eigenvalue weighted by molar-refractivity contribution is -0.127. The largest absolute Gasteiger partial charge is 0.490 e. The molecule has 0 atom stereocenters. The molecule has 2 aromatic carbocycles. The number of carbonyl (C=O) groups is 1. The van der Waals surface area contributed by atoms with Gasteiger partial charge in [0.2, 0.25) is 15.9 Å². The van der Waals surface area contributed by atoms with Crippen LogP contribution in [0.3, 0.4) is 0 Å². The molecule has 1 aliphatic rings. The number of carbonyl (C=O) groups excluding carboxylic acids is 1. The number of nitrogens with zero attached hydrogens (tertiary/aromatic N) is 1. The van der Waals surface area contributed by atoms with Gasteiger partial charge in [-0.25, -0.2) is 8.42 Å². The quantitative estimate of drug-likeness (QED) is 0.670. The zero-order valence-corrected chi connectivity index (χ0v) is 19.8. The van der Waals surface area contributed by atoms with Crippen molar-refractivity contribution in [3.05, 3.63) is 53.6 Å². The Hall–Kier alpha value is -2.54. The number of amides is 1. The van der Waals surface area contributed by atoms with Crippen LogP contribution in [0.5, 0.6) is 5.75 Å². The maximum absolute atomic E-state index is 13.2. The lowest BCUT2D eigenvalue weighted by Crippen LogP contribution is -2.42. The van der Waals surface area contributed by atoms with Crippen LogP contribution in [0.4, 0.5) is 11.4 Å². The maximum Gasteiger partial charge on any atom is 0.236 e. The van der Waals surface area contributed by atoms with E-state index in [2.05, 4.69) is 18.6 Å². The van der Waals surface area contributed by atoms with Crippen molar-refractivity contribution in [1.29, 1.82) is 0 Å². The summed E-state index contributed by atoms with van der Waals surface area (Å²) < 4.78 is 34.0. The van der Waals surface area contributed by atoms with Gasteiger partial charge in [-0.2, -0.15) is 0 Å². The van der Waals surface area contributed by atoms with Crippen LogP contribution >= 0.6 is 0 Å². The van der Waals surface area contributed by atoms with Crippen molar-refractivity contribution < 1.29 is 17.9 Å². The van der Waals surface area contributed by atoms with Crippen LogP contribution in [0.2, 0.25) is 0 Å². The van der Waals surface area contributed by atoms with Gasteiger partial charge in [0.1, 0.15) is 12.4 Å². The lowest BCUT2D eigenvalue weighted by Gasteiger charge is -2.28. The predicted molar refractivity (Wildman–Crippen MR) is 125 cm³/mol. The molecule has 1 amide bonds. The van der Waals surface area contributed by atoms with Gasteiger partial charge < -0.3 is 9.64 Å². The summed E-state index contributed by atoms with van der Waals surface area (Å²) in [6.07, 6.45) is 0.838. The second-order valence-electron chi connectivity index (χ2n) is 9.34. The Balaban J connectivity index is 1.88. The number of aryl methyl sites for hydroxylation is 1. The number of sulfonamides is 1. The van der Waals surface area contributed by atoms with Crippen molar-refractivity contribution in [2.24, 2.45) is 11.3 Å². The molecule has 0 bridgehead atoms. The fraction of sp³-hybridized carbons (Fsp3) is 0.458. The smallest absolute Gasteiger partial charge is 0.236 e. The Kier molecular flexibility index (Phi) is 6.65. The van der Waals surface area contributed by atoms with Crippen molar-refractivity contribution in [2.75, 3.05) is 22.8 Å².